The van der Waals surface area contributed by atoms with Crippen LogP contribution in [0.2, 0.25) is 0 Å². The van der Waals surface area contributed by atoms with E-state index >= 15 is 0 Å². The van der Waals surface area contributed by atoms with Crippen molar-refractivity contribution in [1.82, 2.24) is 9.88 Å². The fourth-order valence-corrected chi connectivity index (χ4v) is 4.04. The summed E-state index contributed by atoms with van der Waals surface area (Å²) in [5.41, 5.74) is 6.38. The normalized spacial score (nSPS) is 19.6. The molecule has 0 radical (unpaired) electrons. The van der Waals surface area contributed by atoms with Crippen LogP contribution in [0.4, 0.5) is 6.01 Å². The van der Waals surface area contributed by atoms with Gasteiger partial charge in [-0.25, -0.2) is 4.79 Å². The summed E-state index contributed by atoms with van der Waals surface area (Å²) in [6, 6.07) is 7.08. The van der Waals surface area contributed by atoms with Crippen molar-refractivity contribution in [3.8, 4) is 23.7 Å². The van der Waals surface area contributed by atoms with Crippen LogP contribution < -0.4 is 5.73 Å². The lowest BCUT2D eigenvalue weighted by molar-refractivity contribution is -0.140. The molecule has 2 aliphatic rings. The van der Waals surface area contributed by atoms with Gasteiger partial charge in [-0.2, -0.15) is 4.98 Å². The highest BCUT2D eigenvalue weighted by Gasteiger charge is 2.63. The van der Waals surface area contributed by atoms with Crippen LogP contribution in [0.1, 0.15) is 18.2 Å². The minimum absolute atomic E-state index is 0.00445. The van der Waals surface area contributed by atoms with Crippen molar-refractivity contribution in [3.05, 3.63) is 59.4 Å². The number of hydrogen-bond acceptors (Lipinski definition) is 6. The molecule has 0 fully saturated rings. The van der Waals surface area contributed by atoms with Crippen molar-refractivity contribution in [1.29, 1.82) is 0 Å². The van der Waals surface area contributed by atoms with Crippen LogP contribution in [0.15, 0.2) is 52.6 Å². The molecule has 4 rings (SSSR count). The number of aromatic nitrogens is 1. The lowest BCUT2D eigenvalue weighted by Crippen LogP contribution is -2.42. The van der Waals surface area contributed by atoms with E-state index in [1.54, 1.807) is 25.1 Å². The van der Waals surface area contributed by atoms with Crippen LogP contribution in [-0.4, -0.2) is 34.9 Å². The second kappa shape index (κ2) is 6.13. The van der Waals surface area contributed by atoms with Gasteiger partial charge in [-0.15, -0.1) is 6.42 Å². The van der Waals surface area contributed by atoms with Gasteiger partial charge in [0.25, 0.3) is 6.01 Å². The Hall–Kier alpha value is -3.79. The van der Waals surface area contributed by atoms with Gasteiger partial charge in [0.05, 0.1) is 12.1 Å². The molecule has 2 aromatic rings. The van der Waals surface area contributed by atoms with Crippen molar-refractivity contribution < 1.29 is 18.7 Å². The molecular weight excluding hydrogens is 358 g/mol. The highest BCUT2D eigenvalue weighted by Crippen LogP contribution is 2.57. The lowest BCUT2D eigenvalue weighted by Gasteiger charge is -2.26. The smallest absolute Gasteiger partial charge is 0.337 e. The predicted molar refractivity (Wildman–Crippen MR) is 102 cm³/mol. The molecule has 7 heteroatoms. The second-order valence-corrected chi connectivity index (χ2v) is 6.47. The standard InChI is InChI=1S/C21H17N3O4/c1-4-10-24-12(3)15(18(25)27-11-5-2)21(19(24)26)14-9-7-6-8-13(14)16-17(21)23-20(22)28-16/h1,5-9H,2,10-11H2,3H3,(H2,22,23)/t21-/m0/s1. The van der Waals surface area contributed by atoms with Gasteiger partial charge in [0, 0.05) is 11.3 Å². The zero-order valence-corrected chi connectivity index (χ0v) is 15.2. The number of ether oxygens (including phenoxy) is 1. The Morgan fingerprint density at radius 2 is 2.25 bits per heavy atom. The first kappa shape index (κ1) is 17.6. The number of esters is 1. The van der Waals surface area contributed by atoms with E-state index in [2.05, 4.69) is 17.5 Å². The average Bonchev–Trinajstić information content (AvgIpc) is 3.26. The maximum absolute atomic E-state index is 13.7. The molecule has 1 atom stereocenters. The molecule has 1 spiro atoms. The number of anilines is 1. The van der Waals surface area contributed by atoms with E-state index in [1.807, 2.05) is 6.07 Å². The summed E-state index contributed by atoms with van der Waals surface area (Å²) in [5, 5.41) is 0. The van der Waals surface area contributed by atoms with Crippen LogP contribution in [0.5, 0.6) is 0 Å². The molecule has 0 saturated carbocycles. The Bertz CT molecular complexity index is 1110. The van der Waals surface area contributed by atoms with Crippen molar-refractivity contribution in [2.45, 2.75) is 12.3 Å². The molecule has 0 saturated heterocycles. The number of benzene rings is 1. The first-order chi connectivity index (χ1) is 13.5. The summed E-state index contributed by atoms with van der Waals surface area (Å²) < 4.78 is 10.9. The van der Waals surface area contributed by atoms with E-state index in [4.69, 9.17) is 21.3 Å². The van der Waals surface area contributed by atoms with Crippen LogP contribution in [0.3, 0.4) is 0 Å². The van der Waals surface area contributed by atoms with Gasteiger partial charge < -0.3 is 19.8 Å². The quantitative estimate of drug-likeness (QED) is 0.499. The molecule has 2 heterocycles. The van der Waals surface area contributed by atoms with E-state index in [0.29, 0.717) is 22.6 Å². The minimum Gasteiger partial charge on any atom is -0.458 e. The Labute approximate surface area is 161 Å². The van der Waals surface area contributed by atoms with Crippen LogP contribution in [0.25, 0.3) is 11.3 Å². The summed E-state index contributed by atoms with van der Waals surface area (Å²) in [5.74, 6) is 1.81. The third kappa shape index (κ3) is 2.03. The first-order valence-electron chi connectivity index (χ1n) is 8.59. The molecule has 2 N–H and O–H groups in total. The number of hydrogen-bond donors (Lipinski definition) is 1. The number of rotatable bonds is 4. The van der Waals surface area contributed by atoms with Gasteiger partial charge in [0.1, 0.15) is 12.3 Å². The fraction of sp³-hybridized carbons (Fsp3) is 0.190. The summed E-state index contributed by atoms with van der Waals surface area (Å²) in [6.07, 6.45) is 6.92. The van der Waals surface area contributed by atoms with Crippen LogP contribution in [-0.2, 0) is 19.7 Å². The molecule has 28 heavy (non-hydrogen) atoms. The summed E-state index contributed by atoms with van der Waals surface area (Å²) in [7, 11) is 0. The molecule has 7 nitrogen and oxygen atoms in total. The molecule has 1 aliphatic carbocycles. The lowest BCUT2D eigenvalue weighted by atomic mass is 9.74. The topological polar surface area (TPSA) is 98.7 Å². The first-order valence-corrected chi connectivity index (χ1v) is 8.59. The van der Waals surface area contributed by atoms with Crippen molar-refractivity contribution in [2.75, 3.05) is 18.9 Å². The Balaban J connectivity index is 2.05. The number of amides is 1. The van der Waals surface area contributed by atoms with Gasteiger partial charge in [0.15, 0.2) is 11.2 Å². The highest BCUT2D eigenvalue weighted by molar-refractivity contribution is 6.14. The number of allylic oxidation sites excluding steroid dienone is 1. The molecule has 0 unspecified atom stereocenters. The van der Waals surface area contributed by atoms with E-state index in [1.165, 1.54) is 11.0 Å². The van der Waals surface area contributed by atoms with Gasteiger partial charge in [-0.3, -0.25) is 4.79 Å². The molecule has 1 aliphatic heterocycles. The number of carbonyl (C=O) groups excluding carboxylic acids is 2. The average molecular weight is 375 g/mol. The molecule has 140 valence electrons. The Morgan fingerprint density at radius 3 is 2.96 bits per heavy atom. The molecule has 1 aromatic heterocycles. The van der Waals surface area contributed by atoms with Gasteiger partial charge >= 0.3 is 5.97 Å². The zero-order valence-electron chi connectivity index (χ0n) is 15.2. The summed E-state index contributed by atoms with van der Waals surface area (Å²) in [4.78, 5) is 32.4. The predicted octanol–water partition coefficient (Wildman–Crippen LogP) is 2.00. The van der Waals surface area contributed by atoms with E-state index in [0.717, 1.165) is 0 Å². The summed E-state index contributed by atoms with van der Waals surface area (Å²) in [6.45, 7) is 5.24. The summed E-state index contributed by atoms with van der Waals surface area (Å²) >= 11 is 0. The minimum atomic E-state index is -1.51. The van der Waals surface area contributed by atoms with Crippen molar-refractivity contribution in [3.63, 3.8) is 0 Å². The Morgan fingerprint density at radius 1 is 1.50 bits per heavy atom. The SMILES string of the molecule is C#CCN1C(=O)[C@]2(C(C(=O)OCC=C)=C1C)c1ccccc1-c1oc(N)nc12. The van der Waals surface area contributed by atoms with Crippen LogP contribution in [0, 0.1) is 12.3 Å². The second-order valence-electron chi connectivity index (χ2n) is 6.47. The fourth-order valence-electron chi connectivity index (χ4n) is 4.04. The number of nitrogens with zero attached hydrogens (tertiary/aromatic N) is 2. The van der Waals surface area contributed by atoms with Gasteiger partial charge in [-0.1, -0.05) is 42.8 Å². The maximum Gasteiger partial charge on any atom is 0.337 e. The molecule has 1 amide bonds. The molecule has 0 bridgehead atoms. The van der Waals surface area contributed by atoms with E-state index < -0.39 is 11.4 Å². The third-order valence-electron chi connectivity index (χ3n) is 5.07. The van der Waals surface area contributed by atoms with Gasteiger partial charge in [-0.05, 0) is 12.5 Å². The zero-order chi connectivity index (χ0) is 20.1. The third-order valence-corrected chi connectivity index (χ3v) is 5.07. The maximum atomic E-state index is 13.7. The van der Waals surface area contributed by atoms with Crippen molar-refractivity contribution in [2.24, 2.45) is 0 Å². The van der Waals surface area contributed by atoms with E-state index in [-0.39, 0.29) is 36.3 Å². The number of fused-ring (bicyclic) bond motifs is 5. The van der Waals surface area contributed by atoms with Gasteiger partial charge in [0.2, 0.25) is 5.91 Å². The molecule has 1 aromatic carbocycles. The largest absolute Gasteiger partial charge is 0.458 e. The number of terminal acetylenes is 1. The van der Waals surface area contributed by atoms with Crippen LogP contribution >= 0.6 is 0 Å². The van der Waals surface area contributed by atoms with E-state index in [9.17, 15) is 9.59 Å². The number of nitrogens with two attached hydrogens (primary N) is 1. The number of nitrogen functional groups attached to an aromatic ring is 1. The number of carbonyl (C=O) groups is 2. The monoisotopic (exact) mass is 375 g/mol. The van der Waals surface area contributed by atoms with Crippen molar-refractivity contribution >= 4 is 17.9 Å². The number of oxazole rings is 1. The molecular formula is C21H17N3O4. The highest BCUT2D eigenvalue weighted by atomic mass is 16.5. The Kier molecular flexibility index (Phi) is 3.86.